The number of ether oxygens (including phenoxy) is 1. The van der Waals surface area contributed by atoms with Crippen molar-refractivity contribution in [3.8, 4) is 5.75 Å². The van der Waals surface area contributed by atoms with Gasteiger partial charge in [0.2, 0.25) is 11.8 Å². The monoisotopic (exact) mass is 250 g/mol. The number of nitro groups is 1. The van der Waals surface area contributed by atoms with Crippen LogP contribution >= 0.6 is 0 Å². The van der Waals surface area contributed by atoms with Crippen LogP contribution in [-0.2, 0) is 9.59 Å². The average molecular weight is 250 g/mol. The van der Waals surface area contributed by atoms with Gasteiger partial charge in [-0.25, -0.2) is 4.90 Å². The highest BCUT2D eigenvalue weighted by molar-refractivity contribution is 6.20. The molecule has 7 nitrogen and oxygen atoms in total. The van der Waals surface area contributed by atoms with Gasteiger partial charge in [-0.15, -0.1) is 0 Å². The zero-order chi connectivity index (χ0) is 13.3. The number of amides is 2. The van der Waals surface area contributed by atoms with Crippen LogP contribution < -0.4 is 9.64 Å². The summed E-state index contributed by atoms with van der Waals surface area (Å²) in [5.41, 5.74) is 0.0882. The minimum atomic E-state index is -0.570. The fraction of sp³-hybridized carbons (Fsp3) is 0.273. The molecule has 94 valence electrons. The van der Waals surface area contributed by atoms with Crippen LogP contribution in [0.4, 0.5) is 11.4 Å². The van der Waals surface area contributed by atoms with Crippen LogP contribution in [0.1, 0.15) is 12.8 Å². The molecule has 0 spiro atoms. The largest absolute Gasteiger partial charge is 0.494 e. The maximum Gasteiger partial charge on any atom is 0.273 e. The molecule has 0 radical (unpaired) electrons. The minimum Gasteiger partial charge on any atom is -0.494 e. The fourth-order valence-corrected chi connectivity index (χ4v) is 1.81. The van der Waals surface area contributed by atoms with Gasteiger partial charge in [-0.3, -0.25) is 19.7 Å². The SMILES string of the molecule is COc1cc([N+](=O)[O-])ccc1N1C(=O)CCC1=O. The van der Waals surface area contributed by atoms with Crippen LogP contribution in [0.25, 0.3) is 0 Å². The Bertz CT molecular complexity index is 524. The van der Waals surface area contributed by atoms with Crippen LogP contribution in [0.2, 0.25) is 0 Å². The van der Waals surface area contributed by atoms with Gasteiger partial charge < -0.3 is 4.74 Å². The van der Waals surface area contributed by atoms with E-state index in [1.807, 2.05) is 0 Å². The lowest BCUT2D eigenvalue weighted by Gasteiger charge is -2.16. The van der Waals surface area contributed by atoms with E-state index in [4.69, 9.17) is 4.74 Å². The van der Waals surface area contributed by atoms with Gasteiger partial charge in [0.15, 0.2) is 0 Å². The molecule has 2 rings (SSSR count). The van der Waals surface area contributed by atoms with Gasteiger partial charge in [-0.2, -0.15) is 0 Å². The molecular formula is C11H10N2O5. The Morgan fingerprint density at radius 3 is 2.39 bits per heavy atom. The van der Waals surface area contributed by atoms with Crippen LogP contribution in [0.15, 0.2) is 18.2 Å². The highest BCUT2D eigenvalue weighted by Gasteiger charge is 2.32. The van der Waals surface area contributed by atoms with Gasteiger partial charge >= 0.3 is 0 Å². The van der Waals surface area contributed by atoms with E-state index in [1.165, 1.54) is 25.3 Å². The molecule has 1 fully saturated rings. The van der Waals surface area contributed by atoms with Gasteiger partial charge in [0.1, 0.15) is 5.75 Å². The Balaban J connectivity index is 2.48. The molecule has 1 heterocycles. The van der Waals surface area contributed by atoms with Crippen LogP contribution in [0.5, 0.6) is 5.75 Å². The van der Waals surface area contributed by atoms with Crippen molar-refractivity contribution in [2.24, 2.45) is 0 Å². The molecule has 1 aromatic rings. The van der Waals surface area contributed by atoms with E-state index in [9.17, 15) is 19.7 Å². The smallest absolute Gasteiger partial charge is 0.273 e. The number of nitro benzene ring substituents is 1. The molecule has 7 heteroatoms. The predicted molar refractivity (Wildman–Crippen MR) is 61.4 cm³/mol. The van der Waals surface area contributed by atoms with Gasteiger partial charge in [0.25, 0.3) is 5.69 Å². The second-order valence-electron chi connectivity index (χ2n) is 3.74. The standard InChI is InChI=1S/C11H10N2O5/c1-18-9-6-7(13(16)17)2-3-8(9)12-10(14)4-5-11(12)15/h2-3,6H,4-5H2,1H3. The summed E-state index contributed by atoms with van der Waals surface area (Å²) in [4.78, 5) is 34.2. The van der Waals surface area contributed by atoms with E-state index in [-0.39, 0.29) is 41.8 Å². The molecule has 0 atom stereocenters. The highest BCUT2D eigenvalue weighted by atomic mass is 16.6. The Kier molecular flexibility index (Phi) is 2.97. The third kappa shape index (κ3) is 1.90. The van der Waals surface area contributed by atoms with Crippen molar-refractivity contribution in [1.82, 2.24) is 0 Å². The van der Waals surface area contributed by atoms with E-state index in [0.717, 1.165) is 4.90 Å². The zero-order valence-corrected chi connectivity index (χ0v) is 9.58. The lowest BCUT2D eigenvalue weighted by molar-refractivity contribution is -0.384. The molecule has 0 N–H and O–H groups in total. The van der Waals surface area contributed by atoms with Crippen molar-refractivity contribution in [1.29, 1.82) is 0 Å². The second-order valence-corrected chi connectivity index (χ2v) is 3.74. The first-order chi connectivity index (χ1) is 8.54. The summed E-state index contributed by atoms with van der Waals surface area (Å²) in [6, 6.07) is 3.77. The van der Waals surface area contributed by atoms with E-state index >= 15 is 0 Å². The summed E-state index contributed by atoms with van der Waals surface area (Å²) >= 11 is 0. The number of carbonyl (C=O) groups is 2. The third-order valence-electron chi connectivity index (χ3n) is 2.67. The molecule has 1 saturated heterocycles. The number of imide groups is 1. The number of non-ortho nitro benzene ring substituents is 1. The Hall–Kier alpha value is -2.44. The normalized spacial score (nSPS) is 15.1. The minimum absolute atomic E-state index is 0.132. The van der Waals surface area contributed by atoms with Crippen molar-refractivity contribution in [2.75, 3.05) is 12.0 Å². The van der Waals surface area contributed by atoms with Gasteiger partial charge in [-0.05, 0) is 6.07 Å². The molecule has 1 aromatic carbocycles. The number of hydrogen-bond donors (Lipinski definition) is 0. The summed E-state index contributed by atoms with van der Waals surface area (Å²) in [6.07, 6.45) is 0.304. The van der Waals surface area contributed by atoms with Gasteiger partial charge in [-0.1, -0.05) is 0 Å². The molecule has 1 aliphatic rings. The van der Waals surface area contributed by atoms with E-state index in [0.29, 0.717) is 0 Å². The Morgan fingerprint density at radius 2 is 1.89 bits per heavy atom. The average Bonchev–Trinajstić information content (AvgIpc) is 2.68. The van der Waals surface area contributed by atoms with Gasteiger partial charge in [0.05, 0.1) is 23.8 Å². The molecule has 0 saturated carbocycles. The summed E-state index contributed by atoms with van der Waals surface area (Å²) in [5.74, 6) is -0.521. The second kappa shape index (κ2) is 4.44. The third-order valence-corrected chi connectivity index (χ3v) is 2.67. The number of benzene rings is 1. The summed E-state index contributed by atoms with van der Waals surface area (Å²) in [5, 5.41) is 10.6. The number of hydrogen-bond acceptors (Lipinski definition) is 5. The molecular weight excluding hydrogens is 240 g/mol. The molecule has 18 heavy (non-hydrogen) atoms. The highest BCUT2D eigenvalue weighted by Crippen LogP contribution is 2.34. The van der Waals surface area contributed by atoms with E-state index < -0.39 is 4.92 Å². The first-order valence-corrected chi connectivity index (χ1v) is 5.23. The maximum absolute atomic E-state index is 11.6. The van der Waals surface area contributed by atoms with E-state index in [2.05, 4.69) is 0 Å². The fourth-order valence-electron chi connectivity index (χ4n) is 1.81. The molecule has 0 aliphatic carbocycles. The maximum atomic E-state index is 11.6. The first kappa shape index (κ1) is 12.0. The van der Waals surface area contributed by atoms with Crippen molar-refractivity contribution < 1.29 is 19.2 Å². The zero-order valence-electron chi connectivity index (χ0n) is 9.58. The number of rotatable bonds is 3. The number of methoxy groups -OCH3 is 1. The van der Waals surface area contributed by atoms with Crippen molar-refractivity contribution >= 4 is 23.2 Å². The summed E-state index contributed by atoms with van der Waals surface area (Å²) < 4.78 is 4.99. The molecule has 0 unspecified atom stereocenters. The molecule has 0 aromatic heterocycles. The van der Waals surface area contributed by atoms with Crippen LogP contribution in [0, 0.1) is 10.1 Å². The van der Waals surface area contributed by atoms with Crippen LogP contribution in [-0.4, -0.2) is 23.8 Å². The Morgan fingerprint density at radius 1 is 1.28 bits per heavy atom. The Labute approximate surface area is 102 Å². The number of nitrogens with zero attached hydrogens (tertiary/aromatic N) is 2. The lowest BCUT2D eigenvalue weighted by atomic mass is 10.2. The van der Waals surface area contributed by atoms with Crippen LogP contribution in [0.3, 0.4) is 0 Å². The van der Waals surface area contributed by atoms with Crippen molar-refractivity contribution in [3.05, 3.63) is 28.3 Å². The number of anilines is 1. The lowest BCUT2D eigenvalue weighted by Crippen LogP contribution is -2.28. The van der Waals surface area contributed by atoms with Crippen molar-refractivity contribution in [2.45, 2.75) is 12.8 Å². The quantitative estimate of drug-likeness (QED) is 0.457. The van der Waals surface area contributed by atoms with Gasteiger partial charge in [0, 0.05) is 18.9 Å². The molecule has 0 bridgehead atoms. The summed E-state index contributed by atoms with van der Waals surface area (Å²) in [6.45, 7) is 0. The number of carbonyl (C=O) groups excluding carboxylic acids is 2. The first-order valence-electron chi connectivity index (χ1n) is 5.23. The molecule has 1 aliphatic heterocycles. The van der Waals surface area contributed by atoms with Crippen molar-refractivity contribution in [3.63, 3.8) is 0 Å². The van der Waals surface area contributed by atoms with E-state index in [1.54, 1.807) is 0 Å². The molecule has 2 amide bonds. The predicted octanol–water partition coefficient (Wildman–Crippen LogP) is 1.26. The topological polar surface area (TPSA) is 89.8 Å². The summed E-state index contributed by atoms with van der Waals surface area (Å²) in [7, 11) is 1.33.